The van der Waals surface area contributed by atoms with Crippen LogP contribution < -0.4 is 4.74 Å². The number of hydrogen-bond donors (Lipinski definition) is 0. The van der Waals surface area contributed by atoms with Gasteiger partial charge in [-0.05, 0) is 42.8 Å². The molecule has 0 aliphatic rings. The summed E-state index contributed by atoms with van der Waals surface area (Å²) < 4.78 is 5.40. The summed E-state index contributed by atoms with van der Waals surface area (Å²) in [6, 6.07) is 17.8. The zero-order chi connectivity index (χ0) is 16.7. The Hall–Kier alpha value is -2.69. The lowest BCUT2D eigenvalue weighted by atomic mass is 10.1. The van der Waals surface area contributed by atoms with E-state index in [2.05, 4.69) is 31.2 Å². The van der Waals surface area contributed by atoms with Crippen molar-refractivity contribution < 1.29 is 4.74 Å². The molecule has 114 valence electrons. The molecule has 23 heavy (non-hydrogen) atoms. The minimum atomic E-state index is 0.0901. The molecule has 0 bridgehead atoms. The second-order valence-electron chi connectivity index (χ2n) is 4.95. The number of thioether (sulfide) groups is 1. The van der Waals surface area contributed by atoms with Gasteiger partial charge in [-0.1, -0.05) is 23.8 Å². The largest absolute Gasteiger partial charge is 0.496 e. The van der Waals surface area contributed by atoms with Gasteiger partial charge >= 0.3 is 0 Å². The van der Waals surface area contributed by atoms with Crippen LogP contribution in [0.15, 0.2) is 52.9 Å². The van der Waals surface area contributed by atoms with Gasteiger partial charge in [0.2, 0.25) is 0 Å². The maximum atomic E-state index is 8.86. The highest BCUT2D eigenvalue weighted by atomic mass is 32.2. The smallest absolute Gasteiger partial charge is 0.130 e. The van der Waals surface area contributed by atoms with Crippen LogP contribution in [0.2, 0.25) is 0 Å². The van der Waals surface area contributed by atoms with Gasteiger partial charge in [0.1, 0.15) is 23.5 Å². The van der Waals surface area contributed by atoms with Crippen molar-refractivity contribution in [3.8, 4) is 17.9 Å². The van der Waals surface area contributed by atoms with Crippen LogP contribution in [0.25, 0.3) is 6.08 Å². The molecule has 4 heteroatoms. The lowest BCUT2D eigenvalue weighted by Gasteiger charge is -2.09. The first-order valence-electron chi connectivity index (χ1n) is 7.04. The van der Waals surface area contributed by atoms with Crippen LogP contribution in [-0.4, -0.2) is 7.11 Å². The van der Waals surface area contributed by atoms with Gasteiger partial charge < -0.3 is 4.74 Å². The highest BCUT2D eigenvalue weighted by molar-refractivity contribution is 7.98. The van der Waals surface area contributed by atoms with E-state index in [1.165, 1.54) is 10.5 Å². The third-order valence-corrected chi connectivity index (χ3v) is 4.33. The third kappa shape index (κ3) is 4.64. The molecule has 0 atom stereocenters. The maximum Gasteiger partial charge on any atom is 0.130 e. The fourth-order valence-corrected chi connectivity index (χ4v) is 2.93. The highest BCUT2D eigenvalue weighted by Gasteiger charge is 2.06. The van der Waals surface area contributed by atoms with Crippen LogP contribution in [0.4, 0.5) is 0 Å². The quantitative estimate of drug-likeness (QED) is 0.590. The third-order valence-electron chi connectivity index (χ3n) is 3.27. The molecule has 2 aromatic carbocycles. The summed E-state index contributed by atoms with van der Waals surface area (Å²) in [6.45, 7) is 2.06. The van der Waals surface area contributed by atoms with E-state index < -0.39 is 0 Å². The first-order valence-corrected chi connectivity index (χ1v) is 8.03. The normalized spacial score (nSPS) is 9.57. The van der Waals surface area contributed by atoms with Gasteiger partial charge in [-0.3, -0.25) is 0 Å². The maximum absolute atomic E-state index is 8.86. The summed E-state index contributed by atoms with van der Waals surface area (Å²) in [4.78, 5) is 1.19. The fourth-order valence-electron chi connectivity index (χ4n) is 2.05. The Morgan fingerprint density at radius 2 is 1.83 bits per heavy atom. The molecule has 2 aromatic rings. The molecular weight excluding hydrogens is 304 g/mol. The van der Waals surface area contributed by atoms with Crippen LogP contribution in [0.5, 0.6) is 5.75 Å². The summed E-state index contributed by atoms with van der Waals surface area (Å²) in [5.41, 5.74) is 3.18. The molecule has 0 aliphatic carbocycles. The van der Waals surface area contributed by atoms with E-state index in [4.69, 9.17) is 15.3 Å². The molecule has 0 fully saturated rings. The number of aryl methyl sites for hydroxylation is 1. The minimum absolute atomic E-state index is 0.0901. The van der Waals surface area contributed by atoms with Crippen molar-refractivity contribution in [3.63, 3.8) is 0 Å². The van der Waals surface area contributed by atoms with E-state index in [0.717, 1.165) is 22.6 Å². The molecule has 0 amide bonds. The van der Waals surface area contributed by atoms with Gasteiger partial charge in [-0.25, -0.2) is 0 Å². The Morgan fingerprint density at radius 1 is 1.13 bits per heavy atom. The minimum Gasteiger partial charge on any atom is -0.496 e. The molecule has 0 aliphatic heterocycles. The van der Waals surface area contributed by atoms with E-state index in [0.29, 0.717) is 0 Å². The van der Waals surface area contributed by atoms with E-state index in [1.807, 2.05) is 30.3 Å². The second-order valence-corrected chi connectivity index (χ2v) is 6.00. The average molecular weight is 320 g/mol. The number of rotatable bonds is 5. The van der Waals surface area contributed by atoms with Crippen molar-refractivity contribution >= 4 is 17.8 Å². The summed E-state index contributed by atoms with van der Waals surface area (Å²) in [7, 11) is 1.64. The van der Waals surface area contributed by atoms with Gasteiger partial charge in [0, 0.05) is 16.2 Å². The van der Waals surface area contributed by atoms with Gasteiger partial charge in [-0.2, -0.15) is 10.5 Å². The predicted octanol–water partition coefficient (Wildman–Crippen LogP) is 4.73. The molecule has 0 N–H and O–H groups in total. The van der Waals surface area contributed by atoms with Crippen molar-refractivity contribution in [3.05, 3.63) is 64.7 Å². The lowest BCUT2D eigenvalue weighted by molar-refractivity contribution is 0.411. The standard InChI is InChI=1S/C19H16N2OS/c1-14-3-6-18(7-4-14)23-13-17-10-15(5-8-19(17)22-2)9-16(11-20)12-21/h3-10H,13H2,1-2H3. The molecule has 2 rings (SSSR count). The van der Waals surface area contributed by atoms with Crippen molar-refractivity contribution in [2.75, 3.05) is 7.11 Å². The molecular formula is C19H16N2OS. The number of nitriles is 2. The van der Waals surface area contributed by atoms with Crippen molar-refractivity contribution in [2.24, 2.45) is 0 Å². The number of ether oxygens (including phenoxy) is 1. The number of allylic oxidation sites excluding steroid dienone is 1. The highest BCUT2D eigenvalue weighted by Crippen LogP contribution is 2.29. The molecule has 0 aromatic heterocycles. The van der Waals surface area contributed by atoms with Crippen LogP contribution in [-0.2, 0) is 5.75 Å². The predicted molar refractivity (Wildman–Crippen MR) is 92.9 cm³/mol. The second kappa shape index (κ2) is 8.08. The van der Waals surface area contributed by atoms with Crippen LogP contribution in [0, 0.1) is 29.6 Å². The Labute approximate surface area is 140 Å². The van der Waals surface area contributed by atoms with Gasteiger partial charge in [0.15, 0.2) is 0 Å². The zero-order valence-electron chi connectivity index (χ0n) is 13.0. The molecule has 0 unspecified atom stereocenters. The average Bonchev–Trinajstić information content (AvgIpc) is 2.59. The lowest BCUT2D eigenvalue weighted by Crippen LogP contribution is -1.91. The van der Waals surface area contributed by atoms with Gasteiger partial charge in [-0.15, -0.1) is 11.8 Å². The first kappa shape index (κ1) is 16.7. The molecule has 0 heterocycles. The molecule has 3 nitrogen and oxygen atoms in total. The zero-order valence-corrected chi connectivity index (χ0v) is 13.9. The molecule has 0 saturated carbocycles. The monoisotopic (exact) mass is 320 g/mol. The number of hydrogen-bond acceptors (Lipinski definition) is 4. The first-order chi connectivity index (χ1) is 11.2. The Balaban J connectivity index is 2.22. The molecule has 0 spiro atoms. The van der Waals surface area contributed by atoms with Crippen LogP contribution in [0.3, 0.4) is 0 Å². The summed E-state index contributed by atoms with van der Waals surface area (Å²) in [5.74, 6) is 1.56. The number of methoxy groups -OCH3 is 1. The van der Waals surface area contributed by atoms with Crippen molar-refractivity contribution in [1.29, 1.82) is 10.5 Å². The topological polar surface area (TPSA) is 56.8 Å². The van der Waals surface area contributed by atoms with Gasteiger partial charge in [0.25, 0.3) is 0 Å². The summed E-state index contributed by atoms with van der Waals surface area (Å²) in [5, 5.41) is 17.7. The van der Waals surface area contributed by atoms with E-state index in [-0.39, 0.29) is 5.57 Å². The molecule has 0 saturated heterocycles. The Kier molecular flexibility index (Phi) is 5.86. The van der Waals surface area contributed by atoms with Crippen molar-refractivity contribution in [2.45, 2.75) is 17.6 Å². The SMILES string of the molecule is COc1ccc(C=C(C#N)C#N)cc1CSc1ccc(C)cc1. The van der Waals surface area contributed by atoms with Crippen molar-refractivity contribution in [1.82, 2.24) is 0 Å². The number of benzene rings is 2. The summed E-state index contributed by atoms with van der Waals surface area (Å²) in [6.07, 6.45) is 1.58. The fraction of sp³-hybridized carbons (Fsp3) is 0.158. The molecule has 0 radical (unpaired) electrons. The van der Waals surface area contributed by atoms with Crippen LogP contribution in [0.1, 0.15) is 16.7 Å². The number of nitrogens with zero attached hydrogens (tertiary/aromatic N) is 2. The summed E-state index contributed by atoms with van der Waals surface area (Å²) >= 11 is 1.72. The Bertz CT molecular complexity index is 780. The van der Waals surface area contributed by atoms with E-state index in [9.17, 15) is 0 Å². The van der Waals surface area contributed by atoms with Crippen LogP contribution >= 0.6 is 11.8 Å². The Morgan fingerprint density at radius 3 is 2.43 bits per heavy atom. The van der Waals surface area contributed by atoms with E-state index in [1.54, 1.807) is 24.9 Å². The van der Waals surface area contributed by atoms with E-state index >= 15 is 0 Å². The van der Waals surface area contributed by atoms with Gasteiger partial charge in [0.05, 0.1) is 7.11 Å².